The van der Waals surface area contributed by atoms with Gasteiger partial charge >= 0.3 is 18.0 Å². The molecule has 0 aliphatic carbocycles. The van der Waals surface area contributed by atoms with Gasteiger partial charge in [-0.1, -0.05) is 131 Å². The number of alkyl carbamates (subject to hydrolysis) is 1. The number of ether oxygens (including phenoxy) is 8. The summed E-state index contributed by atoms with van der Waals surface area (Å²) in [6, 6.07) is 23.3. The fourth-order valence-corrected chi connectivity index (χ4v) is 13.2. The van der Waals surface area contributed by atoms with E-state index in [1.54, 1.807) is 23.4 Å². The van der Waals surface area contributed by atoms with E-state index in [-0.39, 0.29) is 117 Å². The highest BCUT2D eigenvalue weighted by molar-refractivity contribution is 8.76. The summed E-state index contributed by atoms with van der Waals surface area (Å²) in [4.78, 5) is 78.0. The van der Waals surface area contributed by atoms with Crippen LogP contribution in [0.3, 0.4) is 0 Å². The number of carbonyl (C=O) groups excluding carboxylic acids is 6. The first-order valence-corrected chi connectivity index (χ1v) is 32.8. The quantitative estimate of drug-likeness (QED) is 0.00790. The second-order valence-corrected chi connectivity index (χ2v) is 25.9. The van der Waals surface area contributed by atoms with Crippen molar-refractivity contribution < 1.29 is 82.0 Å². The lowest BCUT2D eigenvalue weighted by atomic mass is 9.78. The van der Waals surface area contributed by atoms with Gasteiger partial charge in [0.1, 0.15) is 49.9 Å². The molecule has 2 aliphatic heterocycles. The molecule has 1 saturated heterocycles. The van der Waals surface area contributed by atoms with Crippen LogP contribution in [0.1, 0.15) is 64.5 Å². The van der Waals surface area contributed by atoms with Crippen LogP contribution in [-0.2, 0) is 75.0 Å². The minimum absolute atomic E-state index is 0.0136. The van der Waals surface area contributed by atoms with E-state index in [1.165, 1.54) is 41.6 Å². The van der Waals surface area contributed by atoms with Gasteiger partial charge in [0.05, 0.1) is 86.3 Å². The monoisotopic (exact) mass is 1310 g/mol. The van der Waals surface area contributed by atoms with Crippen LogP contribution in [0.2, 0.25) is 0 Å². The molecule has 7 unspecified atom stereocenters. The van der Waals surface area contributed by atoms with E-state index in [4.69, 9.17) is 55.5 Å². The minimum atomic E-state index is -1.50. The largest absolute Gasteiger partial charge is 0.465 e. The molecule has 1 fully saturated rings. The van der Waals surface area contributed by atoms with Crippen molar-refractivity contribution in [3.63, 3.8) is 0 Å². The Labute approximate surface area is 534 Å². The highest BCUT2D eigenvalue weighted by Crippen LogP contribution is 2.43. The molecule has 89 heavy (non-hydrogen) atoms. The molecule has 7 atom stereocenters. The Morgan fingerprint density at radius 2 is 1.43 bits per heavy atom. The zero-order valence-electron chi connectivity index (χ0n) is 50.3. The van der Waals surface area contributed by atoms with Gasteiger partial charge in [-0.3, -0.25) is 24.0 Å². The van der Waals surface area contributed by atoms with Crippen LogP contribution >= 0.6 is 45.6 Å². The third-order valence-electron chi connectivity index (χ3n) is 14.1. The molecule has 0 saturated carbocycles. The molecule has 486 valence electrons. The van der Waals surface area contributed by atoms with Crippen molar-refractivity contribution in [2.45, 2.75) is 102 Å². The molecular weight excluding hydrogens is 1230 g/mol. The van der Waals surface area contributed by atoms with Gasteiger partial charge in [-0.2, -0.15) is 0 Å². The van der Waals surface area contributed by atoms with Crippen LogP contribution in [0, 0.1) is 10.8 Å². The molecule has 0 bridgehead atoms. The van der Waals surface area contributed by atoms with E-state index < -0.39 is 71.3 Å². The van der Waals surface area contributed by atoms with E-state index in [0.717, 1.165) is 39.7 Å². The molecular formula is C60H80N8O17S4. The van der Waals surface area contributed by atoms with Gasteiger partial charge in [0.2, 0.25) is 17.7 Å². The third-order valence-corrected chi connectivity index (χ3v) is 18.1. The van der Waals surface area contributed by atoms with Gasteiger partial charge < -0.3 is 79.5 Å². The van der Waals surface area contributed by atoms with Crippen LogP contribution in [0.25, 0.3) is 22.5 Å². The van der Waals surface area contributed by atoms with Crippen molar-refractivity contribution in [1.29, 1.82) is 5.41 Å². The van der Waals surface area contributed by atoms with Gasteiger partial charge in [0.25, 0.3) is 0 Å². The maximum Gasteiger partial charge on any atom is 0.407 e. The van der Waals surface area contributed by atoms with Gasteiger partial charge in [0, 0.05) is 74.0 Å². The Hall–Kier alpha value is -6.09. The van der Waals surface area contributed by atoms with E-state index >= 15 is 0 Å². The highest BCUT2D eigenvalue weighted by atomic mass is 33.1. The predicted molar refractivity (Wildman–Crippen MR) is 340 cm³/mol. The Kier molecular flexibility index (Phi) is 30.2. The molecule has 1 aromatic heterocycles. The summed E-state index contributed by atoms with van der Waals surface area (Å²) in [5, 5.41) is 56.3. The van der Waals surface area contributed by atoms with Crippen molar-refractivity contribution in [3.05, 3.63) is 90.0 Å². The number of aliphatic hydroxyl groups is 3. The van der Waals surface area contributed by atoms with Crippen molar-refractivity contribution in [1.82, 2.24) is 30.9 Å². The van der Waals surface area contributed by atoms with E-state index in [1.807, 2.05) is 78.9 Å². The lowest BCUT2D eigenvalue weighted by Gasteiger charge is -2.42. The molecule has 0 radical (unpaired) electrons. The normalized spacial score (nSPS) is 18.2. The molecule has 29 heteroatoms. The number of carbonyl (C=O) groups is 6. The lowest BCUT2D eigenvalue weighted by molar-refractivity contribution is -0.269. The fourth-order valence-electron chi connectivity index (χ4n) is 9.65. The number of thiocarbonyl (C=S) groups is 1. The zero-order valence-corrected chi connectivity index (χ0v) is 53.6. The predicted octanol–water partition coefficient (Wildman–Crippen LogP) is 4.88. The van der Waals surface area contributed by atoms with Crippen LogP contribution in [0.4, 0.5) is 10.5 Å². The lowest BCUT2D eigenvalue weighted by Crippen LogP contribution is -2.64. The second-order valence-electron chi connectivity index (χ2n) is 21.0. The summed E-state index contributed by atoms with van der Waals surface area (Å²) in [6.45, 7) is 7.88. The van der Waals surface area contributed by atoms with Gasteiger partial charge in [-0.25, -0.2) is 9.48 Å². The number of para-hydroxylation sites is 1. The van der Waals surface area contributed by atoms with Crippen molar-refractivity contribution in [2.75, 3.05) is 102 Å². The van der Waals surface area contributed by atoms with Gasteiger partial charge in [0.15, 0.2) is 6.29 Å². The second kappa shape index (κ2) is 37.3. The number of benzene rings is 3. The topological polar surface area (TPSA) is 331 Å². The summed E-state index contributed by atoms with van der Waals surface area (Å²) in [7, 11) is 3.01. The molecule has 0 spiro atoms. The van der Waals surface area contributed by atoms with Crippen LogP contribution < -0.4 is 20.9 Å². The maximum absolute atomic E-state index is 14.1. The smallest absolute Gasteiger partial charge is 0.407 e. The first kappa shape index (κ1) is 72.0. The number of hydrogen-bond donors (Lipinski definition) is 7. The van der Waals surface area contributed by atoms with E-state index in [2.05, 4.69) is 26.3 Å². The summed E-state index contributed by atoms with van der Waals surface area (Å²) < 4.78 is 45.3. The first-order chi connectivity index (χ1) is 42.9. The van der Waals surface area contributed by atoms with Crippen LogP contribution in [0.5, 0.6) is 0 Å². The first-order valence-electron chi connectivity index (χ1n) is 29.0. The molecule has 6 rings (SSSR count). The van der Waals surface area contributed by atoms with E-state index in [9.17, 15) is 44.1 Å². The molecule has 2 aliphatic rings. The molecule has 25 nitrogen and oxygen atoms in total. The van der Waals surface area contributed by atoms with Crippen molar-refractivity contribution in [2.24, 2.45) is 5.41 Å². The fraction of sp³-hybridized carbons (Fsp3) is 0.533. The Morgan fingerprint density at radius 1 is 0.775 bits per heavy atom. The summed E-state index contributed by atoms with van der Waals surface area (Å²) in [6.07, 6.45) is -4.59. The maximum atomic E-state index is 14.1. The number of aromatic nitrogens is 3. The number of esters is 2. The summed E-state index contributed by atoms with van der Waals surface area (Å²) in [5.74, 6) is -0.810. The number of aliphatic hydroxyl groups excluding tert-OH is 3. The summed E-state index contributed by atoms with van der Waals surface area (Å²) in [5.41, 5.74) is 4.30. The zero-order chi connectivity index (χ0) is 64.2. The SMILES string of the molecule is CC(=O)NC1C(OCCNC(=O)C(C)(CC(C)(C=N)CCC(=O)OCCOCCOCCOCCn2nnc3c2-c2ccccc2N(C(=O)CCNC(=O)OCCSSCCOC(C)=O)Cc2ccccc2-3)SC(=S)c2ccccc2)OC(CO)C(O)C1O. The van der Waals surface area contributed by atoms with Crippen molar-refractivity contribution in [3.8, 4) is 22.5 Å². The van der Waals surface area contributed by atoms with Crippen LogP contribution in [0.15, 0.2) is 78.9 Å². The Morgan fingerprint density at radius 3 is 2.11 bits per heavy atom. The van der Waals surface area contributed by atoms with Gasteiger partial charge in [-0.15, -0.1) is 5.10 Å². The minimum Gasteiger partial charge on any atom is -0.465 e. The Balaban J connectivity index is 0.896. The number of anilines is 1. The van der Waals surface area contributed by atoms with Crippen LogP contribution in [-0.4, -0.2) is 209 Å². The molecule has 7 N–H and O–H groups in total. The van der Waals surface area contributed by atoms with Gasteiger partial charge in [-0.05, 0) is 37.0 Å². The average Bonchev–Trinajstić information content (AvgIpc) is 1.75. The number of rotatable bonds is 37. The van der Waals surface area contributed by atoms with E-state index in [0.29, 0.717) is 40.2 Å². The number of fused-ring (bicyclic) bond motifs is 5. The number of hydrogen-bond acceptors (Lipinski definition) is 24. The highest BCUT2D eigenvalue weighted by Gasteiger charge is 2.46. The number of nitrogens with one attached hydrogen (secondary N) is 4. The standard InChI is InChI=1S/C60H80N8O17S4/c1-40(70)64-51-54(75)53(74)47(37-69)85-55(51)83-24-22-62-57(76)60(4,89-56(86)42-12-6-5-7-13-42)38-59(3,39-61)20-18-49(73)82-31-30-80-29-28-79-27-26-78-25-23-68-52-45-16-10-11-17-46(45)67(36-43-14-8-9-15-44(43)50(52)65-66-68)48(72)19-21-63-58(77)84-33-35-88-87-34-32-81-41(2)71/h5-17,39,47,51,53-55,61,69,74-75H,18-38H2,1-4H3,(H,62,76)(H,63,77)(H,64,70). The molecule has 4 aromatic rings. The molecule has 3 heterocycles. The summed E-state index contributed by atoms with van der Waals surface area (Å²) >= 11 is 6.94. The number of thioether (sulfide) groups is 1. The van der Waals surface area contributed by atoms with Crippen molar-refractivity contribution >= 4 is 97.4 Å². The molecule has 3 aromatic carbocycles. The molecule has 4 amide bonds. The average molecular weight is 1310 g/mol. The third kappa shape index (κ3) is 22.7. The number of nitrogens with zero attached hydrogens (tertiary/aromatic N) is 4. The number of amides is 4. The Bertz CT molecular complexity index is 2970.